The molecule has 0 spiro atoms. The summed E-state index contributed by atoms with van der Waals surface area (Å²) in [6.07, 6.45) is 11.2. The summed E-state index contributed by atoms with van der Waals surface area (Å²) >= 11 is 0. The fourth-order valence-corrected chi connectivity index (χ4v) is 4.75. The number of carboxylic acids is 1. The van der Waals surface area contributed by atoms with Gasteiger partial charge in [-0.2, -0.15) is 0 Å². The second-order valence-electron chi connectivity index (χ2n) is 9.11. The van der Waals surface area contributed by atoms with Gasteiger partial charge in [0, 0.05) is 24.7 Å². The number of aliphatic carboxylic acids is 1. The molecule has 3 aliphatic rings. The van der Waals surface area contributed by atoms with E-state index in [9.17, 15) is 9.90 Å². The van der Waals surface area contributed by atoms with Crippen LogP contribution in [0.15, 0.2) is 35.9 Å². The van der Waals surface area contributed by atoms with Crippen LogP contribution in [-0.4, -0.2) is 35.7 Å². The van der Waals surface area contributed by atoms with Crippen molar-refractivity contribution in [2.24, 2.45) is 11.3 Å². The molecule has 1 aromatic rings. The zero-order valence-corrected chi connectivity index (χ0v) is 19.4. The standard InChI is InChI=1S/C24H34N2O2.2ClH/c1-2-18(14-17-6-4-3-5-7-17)21-15-22(21)26-20-10-8-19(9-11-20)25-16-24(12-13-24)23(27)28;;/h3-7,14,19-22,25-26H,2,8-13,15-16H2,1H3,(H,27,28);2*1H. The third kappa shape index (κ3) is 6.23. The Balaban J connectivity index is 0.00000160. The maximum Gasteiger partial charge on any atom is 0.310 e. The molecule has 6 heteroatoms. The number of nitrogens with one attached hydrogen (secondary N) is 2. The van der Waals surface area contributed by atoms with Gasteiger partial charge in [0.2, 0.25) is 0 Å². The summed E-state index contributed by atoms with van der Waals surface area (Å²) < 4.78 is 0. The molecule has 0 amide bonds. The van der Waals surface area contributed by atoms with Crippen molar-refractivity contribution in [1.82, 2.24) is 10.6 Å². The van der Waals surface area contributed by atoms with Crippen molar-refractivity contribution in [3.05, 3.63) is 41.5 Å². The van der Waals surface area contributed by atoms with Crippen LogP contribution in [0.3, 0.4) is 0 Å². The maximum atomic E-state index is 11.3. The predicted molar refractivity (Wildman–Crippen MR) is 128 cm³/mol. The van der Waals surface area contributed by atoms with E-state index < -0.39 is 11.4 Å². The van der Waals surface area contributed by atoms with E-state index in [4.69, 9.17) is 0 Å². The van der Waals surface area contributed by atoms with Gasteiger partial charge in [0.25, 0.3) is 0 Å². The van der Waals surface area contributed by atoms with E-state index in [0.29, 0.717) is 30.6 Å². The second-order valence-corrected chi connectivity index (χ2v) is 9.11. The van der Waals surface area contributed by atoms with E-state index in [0.717, 1.165) is 32.1 Å². The molecule has 0 aromatic heterocycles. The maximum absolute atomic E-state index is 11.3. The normalized spacial score (nSPS) is 29.3. The van der Waals surface area contributed by atoms with Gasteiger partial charge < -0.3 is 15.7 Å². The lowest BCUT2D eigenvalue weighted by Gasteiger charge is -2.31. The van der Waals surface area contributed by atoms with Crippen molar-refractivity contribution in [2.75, 3.05) is 6.54 Å². The van der Waals surface area contributed by atoms with Crippen LogP contribution >= 0.6 is 24.8 Å². The number of hydrogen-bond acceptors (Lipinski definition) is 3. The molecule has 0 heterocycles. The summed E-state index contributed by atoms with van der Waals surface area (Å²) in [6, 6.07) is 12.4. The van der Waals surface area contributed by atoms with Gasteiger partial charge in [-0.1, -0.05) is 48.9 Å². The van der Waals surface area contributed by atoms with Crippen LogP contribution < -0.4 is 10.6 Å². The zero-order valence-electron chi connectivity index (χ0n) is 17.8. The van der Waals surface area contributed by atoms with Gasteiger partial charge in [0.15, 0.2) is 0 Å². The molecular formula is C24H36Cl2N2O2. The summed E-state index contributed by atoms with van der Waals surface area (Å²) in [5, 5.41) is 16.8. The summed E-state index contributed by atoms with van der Waals surface area (Å²) in [5.74, 6) is 0.0803. The summed E-state index contributed by atoms with van der Waals surface area (Å²) in [7, 11) is 0. The lowest BCUT2D eigenvalue weighted by molar-refractivity contribution is -0.143. The quantitative estimate of drug-likeness (QED) is 0.487. The highest BCUT2D eigenvalue weighted by Crippen LogP contribution is 2.45. The van der Waals surface area contributed by atoms with Crippen LogP contribution in [0, 0.1) is 11.3 Å². The van der Waals surface area contributed by atoms with Crippen molar-refractivity contribution in [3.8, 4) is 0 Å². The molecule has 4 rings (SSSR count). The zero-order chi connectivity index (χ0) is 19.6. The molecule has 0 saturated heterocycles. The molecule has 168 valence electrons. The Morgan fingerprint density at radius 2 is 1.73 bits per heavy atom. The minimum atomic E-state index is -0.620. The SMILES string of the molecule is CCC(=Cc1ccccc1)C1CC1NC1CCC(NCC2(C(=O)O)CC2)CC1.Cl.Cl. The van der Waals surface area contributed by atoms with Gasteiger partial charge in [-0.15, -0.1) is 24.8 Å². The van der Waals surface area contributed by atoms with Gasteiger partial charge in [-0.25, -0.2) is 0 Å². The number of benzene rings is 1. The Kier molecular flexibility index (Phi) is 9.23. The van der Waals surface area contributed by atoms with Gasteiger partial charge >= 0.3 is 5.97 Å². The van der Waals surface area contributed by atoms with Crippen molar-refractivity contribution in [2.45, 2.75) is 76.4 Å². The lowest BCUT2D eigenvalue weighted by atomic mass is 9.90. The van der Waals surface area contributed by atoms with Crippen molar-refractivity contribution < 1.29 is 9.90 Å². The Bertz CT molecular complexity index is 713. The highest BCUT2D eigenvalue weighted by Gasteiger charge is 2.50. The minimum Gasteiger partial charge on any atom is -0.481 e. The van der Waals surface area contributed by atoms with E-state index >= 15 is 0 Å². The van der Waals surface area contributed by atoms with Crippen LogP contribution in [0.4, 0.5) is 0 Å². The molecule has 3 fully saturated rings. The first-order valence-electron chi connectivity index (χ1n) is 11.1. The molecule has 30 heavy (non-hydrogen) atoms. The number of carbonyl (C=O) groups is 1. The van der Waals surface area contributed by atoms with Crippen LogP contribution in [0.25, 0.3) is 6.08 Å². The Hall–Kier alpha value is -1.07. The Morgan fingerprint density at radius 1 is 1.10 bits per heavy atom. The van der Waals surface area contributed by atoms with Crippen LogP contribution in [0.2, 0.25) is 0 Å². The molecule has 1 aromatic carbocycles. The molecule has 2 atom stereocenters. The first-order valence-corrected chi connectivity index (χ1v) is 11.1. The highest BCUT2D eigenvalue weighted by atomic mass is 35.5. The van der Waals surface area contributed by atoms with Crippen molar-refractivity contribution in [3.63, 3.8) is 0 Å². The molecule has 0 aliphatic heterocycles. The van der Waals surface area contributed by atoms with Gasteiger partial charge in [0.05, 0.1) is 5.41 Å². The first kappa shape index (κ1) is 25.2. The minimum absolute atomic E-state index is 0. The summed E-state index contributed by atoms with van der Waals surface area (Å²) in [4.78, 5) is 11.3. The number of rotatable bonds is 9. The van der Waals surface area contributed by atoms with E-state index in [2.05, 4.69) is 54.0 Å². The third-order valence-electron chi connectivity index (χ3n) is 7.04. The number of carboxylic acid groups (broad SMARTS) is 1. The molecule has 2 unspecified atom stereocenters. The monoisotopic (exact) mass is 454 g/mol. The van der Waals surface area contributed by atoms with E-state index in [1.54, 1.807) is 5.57 Å². The Labute approximate surface area is 193 Å². The average molecular weight is 455 g/mol. The van der Waals surface area contributed by atoms with E-state index in [1.165, 1.54) is 24.8 Å². The first-order chi connectivity index (χ1) is 13.6. The average Bonchev–Trinajstić information content (AvgIpc) is 3.63. The molecule has 0 bridgehead atoms. The second kappa shape index (κ2) is 11.0. The van der Waals surface area contributed by atoms with Gasteiger partial charge in [0.1, 0.15) is 0 Å². The molecule has 3 N–H and O–H groups in total. The molecule has 0 radical (unpaired) electrons. The van der Waals surface area contributed by atoms with Crippen LogP contribution in [0.5, 0.6) is 0 Å². The topological polar surface area (TPSA) is 61.4 Å². The smallest absolute Gasteiger partial charge is 0.310 e. The number of hydrogen-bond donors (Lipinski definition) is 3. The molecule has 3 aliphatic carbocycles. The number of halogens is 2. The lowest BCUT2D eigenvalue weighted by Crippen LogP contribution is -2.43. The van der Waals surface area contributed by atoms with Crippen LogP contribution in [0.1, 0.15) is 63.9 Å². The van der Waals surface area contributed by atoms with Gasteiger partial charge in [-0.3, -0.25) is 4.79 Å². The van der Waals surface area contributed by atoms with Crippen molar-refractivity contribution >= 4 is 36.9 Å². The van der Waals surface area contributed by atoms with Crippen LogP contribution in [-0.2, 0) is 4.79 Å². The highest BCUT2D eigenvalue weighted by molar-refractivity contribution is 5.85. The fraction of sp³-hybridized carbons (Fsp3) is 0.625. The molecule has 3 saturated carbocycles. The van der Waals surface area contributed by atoms with E-state index in [1.807, 2.05) is 0 Å². The van der Waals surface area contributed by atoms with E-state index in [-0.39, 0.29) is 24.8 Å². The summed E-state index contributed by atoms with van der Waals surface area (Å²) in [6.45, 7) is 2.92. The largest absolute Gasteiger partial charge is 0.481 e. The summed E-state index contributed by atoms with van der Waals surface area (Å²) in [5.41, 5.74) is 2.44. The Morgan fingerprint density at radius 3 is 2.30 bits per heavy atom. The third-order valence-corrected chi connectivity index (χ3v) is 7.04. The molecule has 4 nitrogen and oxygen atoms in total. The predicted octanol–water partition coefficient (Wildman–Crippen LogP) is 5.07. The van der Waals surface area contributed by atoms with Crippen molar-refractivity contribution in [1.29, 1.82) is 0 Å². The van der Waals surface area contributed by atoms with Gasteiger partial charge in [-0.05, 0) is 62.8 Å². The molecular weight excluding hydrogens is 419 g/mol. The fourth-order valence-electron chi connectivity index (χ4n) is 4.75.